The fourth-order valence-electron chi connectivity index (χ4n) is 1.41. The van der Waals surface area contributed by atoms with Gasteiger partial charge >= 0.3 is 5.97 Å². The van der Waals surface area contributed by atoms with Crippen LogP contribution in [0.1, 0.15) is 30.1 Å². The number of nitrogens with one attached hydrogen (secondary N) is 1. The van der Waals surface area contributed by atoms with Crippen LogP contribution in [0.15, 0.2) is 24.3 Å². The second-order valence-electron chi connectivity index (χ2n) is 4.34. The summed E-state index contributed by atoms with van der Waals surface area (Å²) in [4.78, 5) is 23.3. The highest BCUT2D eigenvalue weighted by molar-refractivity contribution is 6.30. The largest absolute Gasteiger partial charge is 0.449 e. The molecule has 2 rings (SSSR count). The summed E-state index contributed by atoms with van der Waals surface area (Å²) in [5.41, 5.74) is 0.380. The summed E-state index contributed by atoms with van der Waals surface area (Å²) in [5.74, 6) is -0.773. The summed E-state index contributed by atoms with van der Waals surface area (Å²) >= 11 is 5.72. The Hall–Kier alpha value is -1.55. The Morgan fingerprint density at radius 3 is 2.50 bits per heavy atom. The van der Waals surface area contributed by atoms with Gasteiger partial charge in [-0.25, -0.2) is 4.79 Å². The van der Waals surface area contributed by atoms with Gasteiger partial charge < -0.3 is 10.1 Å². The molecule has 1 saturated carbocycles. The van der Waals surface area contributed by atoms with Crippen molar-refractivity contribution in [2.45, 2.75) is 31.9 Å². The number of carbonyl (C=O) groups is 2. The van der Waals surface area contributed by atoms with E-state index in [0.29, 0.717) is 10.6 Å². The number of halogens is 1. The summed E-state index contributed by atoms with van der Waals surface area (Å²) in [6.07, 6.45) is 1.22. The van der Waals surface area contributed by atoms with Gasteiger partial charge in [-0.05, 0) is 44.0 Å². The fourth-order valence-corrected chi connectivity index (χ4v) is 1.54. The van der Waals surface area contributed by atoms with E-state index < -0.39 is 12.1 Å². The molecule has 96 valence electrons. The molecular formula is C13H14ClNO3. The van der Waals surface area contributed by atoms with Gasteiger partial charge in [-0.2, -0.15) is 0 Å². The Kier molecular flexibility index (Phi) is 3.87. The first-order chi connectivity index (χ1) is 8.56. The predicted molar refractivity (Wildman–Crippen MR) is 67.5 cm³/mol. The number of esters is 1. The molecular weight excluding hydrogens is 254 g/mol. The molecule has 0 spiro atoms. The quantitative estimate of drug-likeness (QED) is 0.851. The molecule has 0 aromatic heterocycles. The molecule has 1 aliphatic rings. The minimum absolute atomic E-state index is 0.250. The van der Waals surface area contributed by atoms with Crippen LogP contribution in [0.3, 0.4) is 0 Å². The number of amides is 1. The van der Waals surface area contributed by atoms with E-state index in [1.165, 1.54) is 0 Å². The van der Waals surface area contributed by atoms with Crippen LogP contribution in [-0.2, 0) is 9.53 Å². The SMILES string of the molecule is C[C@@H](OC(=O)c1ccc(Cl)cc1)C(=O)NC1CC1. The van der Waals surface area contributed by atoms with E-state index in [2.05, 4.69) is 5.32 Å². The minimum atomic E-state index is -0.784. The van der Waals surface area contributed by atoms with Crippen LogP contribution in [0, 0.1) is 0 Å². The molecule has 1 atom stereocenters. The maximum atomic E-state index is 11.7. The van der Waals surface area contributed by atoms with Crippen molar-refractivity contribution in [2.24, 2.45) is 0 Å². The first kappa shape index (κ1) is 12.9. The van der Waals surface area contributed by atoms with Crippen molar-refractivity contribution in [3.63, 3.8) is 0 Å². The molecule has 0 unspecified atom stereocenters. The molecule has 0 heterocycles. The summed E-state index contributed by atoms with van der Waals surface area (Å²) in [7, 11) is 0. The first-order valence-electron chi connectivity index (χ1n) is 5.83. The minimum Gasteiger partial charge on any atom is -0.449 e. The molecule has 4 nitrogen and oxygen atoms in total. The van der Waals surface area contributed by atoms with Crippen molar-refractivity contribution in [1.29, 1.82) is 0 Å². The lowest BCUT2D eigenvalue weighted by atomic mass is 10.2. The van der Waals surface area contributed by atoms with Gasteiger partial charge in [0.15, 0.2) is 6.10 Å². The monoisotopic (exact) mass is 267 g/mol. The normalized spacial score (nSPS) is 15.9. The lowest BCUT2D eigenvalue weighted by Crippen LogP contribution is -2.37. The number of ether oxygens (including phenoxy) is 1. The van der Waals surface area contributed by atoms with Gasteiger partial charge in [0, 0.05) is 11.1 Å². The Morgan fingerprint density at radius 2 is 1.94 bits per heavy atom. The van der Waals surface area contributed by atoms with Crippen LogP contribution in [0.25, 0.3) is 0 Å². The highest BCUT2D eigenvalue weighted by Crippen LogP contribution is 2.19. The number of benzene rings is 1. The molecule has 1 amide bonds. The number of rotatable bonds is 4. The summed E-state index contributed by atoms with van der Waals surface area (Å²) < 4.78 is 5.07. The Balaban J connectivity index is 1.89. The number of hydrogen-bond acceptors (Lipinski definition) is 3. The third-order valence-electron chi connectivity index (χ3n) is 2.66. The third kappa shape index (κ3) is 3.47. The second kappa shape index (κ2) is 5.40. The van der Waals surface area contributed by atoms with E-state index in [0.717, 1.165) is 12.8 Å². The van der Waals surface area contributed by atoms with Crippen molar-refractivity contribution >= 4 is 23.5 Å². The maximum absolute atomic E-state index is 11.7. The maximum Gasteiger partial charge on any atom is 0.338 e. The smallest absolute Gasteiger partial charge is 0.338 e. The standard InChI is InChI=1S/C13H14ClNO3/c1-8(12(16)15-11-6-7-11)18-13(17)9-2-4-10(14)5-3-9/h2-5,8,11H,6-7H2,1H3,(H,15,16)/t8-/m1/s1. The zero-order valence-corrected chi connectivity index (χ0v) is 10.7. The van der Waals surface area contributed by atoms with Crippen LogP contribution in [0.5, 0.6) is 0 Å². The molecule has 1 N–H and O–H groups in total. The molecule has 0 radical (unpaired) electrons. The molecule has 1 aromatic rings. The van der Waals surface area contributed by atoms with Crippen LogP contribution in [0.4, 0.5) is 0 Å². The van der Waals surface area contributed by atoms with E-state index >= 15 is 0 Å². The van der Waals surface area contributed by atoms with Gasteiger partial charge in [-0.15, -0.1) is 0 Å². The summed E-state index contributed by atoms with van der Waals surface area (Å²) in [6.45, 7) is 1.56. The topological polar surface area (TPSA) is 55.4 Å². The van der Waals surface area contributed by atoms with Gasteiger partial charge in [-0.1, -0.05) is 11.6 Å². The van der Waals surface area contributed by atoms with E-state index in [1.807, 2.05) is 0 Å². The molecule has 1 aromatic carbocycles. The third-order valence-corrected chi connectivity index (χ3v) is 2.91. The number of hydrogen-bond donors (Lipinski definition) is 1. The molecule has 1 fully saturated rings. The van der Waals surface area contributed by atoms with Crippen molar-refractivity contribution in [1.82, 2.24) is 5.32 Å². The van der Waals surface area contributed by atoms with E-state index in [-0.39, 0.29) is 11.9 Å². The molecule has 0 saturated heterocycles. The van der Waals surface area contributed by atoms with Crippen molar-refractivity contribution < 1.29 is 14.3 Å². The average molecular weight is 268 g/mol. The molecule has 0 bridgehead atoms. The highest BCUT2D eigenvalue weighted by Gasteiger charge is 2.27. The lowest BCUT2D eigenvalue weighted by Gasteiger charge is -2.13. The fraction of sp³-hybridized carbons (Fsp3) is 0.385. The summed E-state index contributed by atoms with van der Waals surface area (Å²) in [5, 5.41) is 3.33. The van der Waals surface area contributed by atoms with Crippen molar-refractivity contribution in [3.05, 3.63) is 34.9 Å². The average Bonchev–Trinajstić information content (AvgIpc) is 3.13. The van der Waals surface area contributed by atoms with Gasteiger partial charge in [0.2, 0.25) is 0 Å². The van der Waals surface area contributed by atoms with Crippen molar-refractivity contribution in [3.8, 4) is 0 Å². The van der Waals surface area contributed by atoms with Crippen LogP contribution in [0.2, 0.25) is 5.02 Å². The number of carbonyl (C=O) groups excluding carboxylic acids is 2. The van der Waals surface area contributed by atoms with E-state index in [4.69, 9.17) is 16.3 Å². The summed E-state index contributed by atoms with van der Waals surface area (Å²) in [6, 6.07) is 6.60. The second-order valence-corrected chi connectivity index (χ2v) is 4.77. The van der Waals surface area contributed by atoms with Gasteiger partial charge in [-0.3, -0.25) is 4.79 Å². The molecule has 0 aliphatic heterocycles. The van der Waals surface area contributed by atoms with Crippen LogP contribution < -0.4 is 5.32 Å². The lowest BCUT2D eigenvalue weighted by molar-refractivity contribution is -0.129. The van der Waals surface area contributed by atoms with Gasteiger partial charge in [0.1, 0.15) is 0 Å². The van der Waals surface area contributed by atoms with E-state index in [1.54, 1.807) is 31.2 Å². The van der Waals surface area contributed by atoms with Crippen LogP contribution in [-0.4, -0.2) is 24.0 Å². The van der Waals surface area contributed by atoms with Gasteiger partial charge in [0.25, 0.3) is 5.91 Å². The Labute approximate surface area is 110 Å². The van der Waals surface area contributed by atoms with Gasteiger partial charge in [0.05, 0.1) is 5.56 Å². The Morgan fingerprint density at radius 1 is 1.33 bits per heavy atom. The highest BCUT2D eigenvalue weighted by atomic mass is 35.5. The molecule has 18 heavy (non-hydrogen) atoms. The van der Waals surface area contributed by atoms with Crippen molar-refractivity contribution in [2.75, 3.05) is 0 Å². The Bertz CT molecular complexity index is 454. The molecule has 5 heteroatoms. The molecule has 1 aliphatic carbocycles. The van der Waals surface area contributed by atoms with E-state index in [9.17, 15) is 9.59 Å². The van der Waals surface area contributed by atoms with Crippen LogP contribution >= 0.6 is 11.6 Å². The zero-order chi connectivity index (χ0) is 13.1. The first-order valence-corrected chi connectivity index (χ1v) is 6.21. The predicted octanol–water partition coefficient (Wildman–Crippen LogP) is 2.16. The zero-order valence-electron chi connectivity index (χ0n) is 9.98.